The minimum atomic E-state index is -0.557. The Labute approximate surface area is 70.7 Å². The molecule has 66 valence electrons. The smallest absolute Gasteiger partial charge is 0.335 e. The van der Waals surface area contributed by atoms with Gasteiger partial charge in [-0.25, -0.2) is 4.79 Å². The summed E-state index contributed by atoms with van der Waals surface area (Å²) in [6, 6.07) is 2.31. The van der Waals surface area contributed by atoms with Crippen molar-refractivity contribution in [2.45, 2.75) is 20.3 Å². The highest BCUT2D eigenvalue weighted by atomic mass is 16.4. The summed E-state index contributed by atoms with van der Waals surface area (Å²) in [7, 11) is 0. The van der Waals surface area contributed by atoms with Crippen molar-refractivity contribution >= 4 is 0 Å². The number of hydrogen-bond acceptors (Lipinski definition) is 3. The SMILES string of the molecule is CC(C)Cc1cc([O-])cc(=O)o1. The van der Waals surface area contributed by atoms with Crippen LogP contribution in [0.4, 0.5) is 0 Å². The Morgan fingerprint density at radius 3 is 2.67 bits per heavy atom. The molecule has 0 N–H and O–H groups in total. The largest absolute Gasteiger partial charge is 0.872 e. The Kier molecular flexibility index (Phi) is 2.53. The van der Waals surface area contributed by atoms with Crippen molar-refractivity contribution < 1.29 is 9.52 Å². The molecule has 0 saturated heterocycles. The van der Waals surface area contributed by atoms with Gasteiger partial charge < -0.3 is 9.52 Å². The first kappa shape index (κ1) is 8.84. The van der Waals surface area contributed by atoms with Gasteiger partial charge in [0.2, 0.25) is 0 Å². The lowest BCUT2D eigenvalue weighted by Crippen LogP contribution is -2.05. The first-order valence-corrected chi connectivity index (χ1v) is 3.89. The lowest BCUT2D eigenvalue weighted by atomic mass is 10.1. The molecule has 12 heavy (non-hydrogen) atoms. The maximum atomic E-state index is 10.8. The van der Waals surface area contributed by atoms with Gasteiger partial charge in [-0.05, 0) is 12.0 Å². The fourth-order valence-corrected chi connectivity index (χ4v) is 1.01. The van der Waals surface area contributed by atoms with Crippen molar-refractivity contribution in [2.24, 2.45) is 5.92 Å². The molecule has 3 nitrogen and oxygen atoms in total. The highest BCUT2D eigenvalue weighted by Gasteiger charge is 2.00. The summed E-state index contributed by atoms with van der Waals surface area (Å²) in [6.45, 7) is 3.99. The zero-order chi connectivity index (χ0) is 9.14. The van der Waals surface area contributed by atoms with Crippen LogP contribution in [0.5, 0.6) is 5.75 Å². The average molecular weight is 167 g/mol. The highest BCUT2D eigenvalue weighted by Crippen LogP contribution is 2.09. The minimum Gasteiger partial charge on any atom is -0.872 e. The highest BCUT2D eigenvalue weighted by molar-refractivity contribution is 5.17. The molecule has 0 aliphatic rings. The molecule has 1 aromatic rings. The third-order valence-corrected chi connectivity index (χ3v) is 1.40. The molecule has 0 aromatic carbocycles. The second-order valence-electron chi connectivity index (χ2n) is 3.18. The standard InChI is InChI=1S/C9H12O3/c1-6(2)3-8-4-7(10)5-9(11)12-8/h4-6,10H,3H2,1-2H3/p-1. The van der Waals surface area contributed by atoms with E-state index in [1.807, 2.05) is 13.8 Å². The number of rotatable bonds is 2. The molecule has 0 saturated carbocycles. The van der Waals surface area contributed by atoms with Crippen LogP contribution in [0, 0.1) is 5.92 Å². The molecule has 0 atom stereocenters. The Balaban J connectivity index is 2.93. The zero-order valence-corrected chi connectivity index (χ0v) is 7.16. The monoisotopic (exact) mass is 167 g/mol. The lowest BCUT2D eigenvalue weighted by Gasteiger charge is -2.07. The van der Waals surface area contributed by atoms with Crippen LogP contribution in [0.25, 0.3) is 0 Å². The minimum absolute atomic E-state index is 0.276. The molecule has 3 heteroatoms. The van der Waals surface area contributed by atoms with Gasteiger partial charge >= 0.3 is 5.63 Å². The van der Waals surface area contributed by atoms with Gasteiger partial charge in [-0.2, -0.15) is 0 Å². The molecule has 0 aliphatic heterocycles. The predicted octanol–water partition coefficient (Wildman–Crippen LogP) is 0.912. The summed E-state index contributed by atoms with van der Waals surface area (Å²) in [5.74, 6) is 0.583. The summed E-state index contributed by atoms with van der Waals surface area (Å²) in [4.78, 5) is 10.7. The summed E-state index contributed by atoms with van der Waals surface area (Å²) in [5.41, 5.74) is -0.557. The van der Waals surface area contributed by atoms with Crippen LogP contribution in [0.1, 0.15) is 19.6 Å². The van der Waals surface area contributed by atoms with Crippen molar-refractivity contribution in [3.8, 4) is 5.75 Å². The van der Waals surface area contributed by atoms with E-state index in [4.69, 9.17) is 4.42 Å². The van der Waals surface area contributed by atoms with Gasteiger partial charge in [-0.15, -0.1) is 0 Å². The molecule has 1 aromatic heterocycles. The molecule has 0 bridgehead atoms. The Bertz CT molecular complexity index is 312. The Hall–Kier alpha value is -1.25. The van der Waals surface area contributed by atoms with E-state index in [1.165, 1.54) is 6.07 Å². The van der Waals surface area contributed by atoms with Crippen LogP contribution in [-0.4, -0.2) is 0 Å². The molecule has 0 spiro atoms. The summed E-state index contributed by atoms with van der Waals surface area (Å²) in [6.07, 6.45) is 0.630. The third-order valence-electron chi connectivity index (χ3n) is 1.40. The Morgan fingerprint density at radius 2 is 2.17 bits per heavy atom. The fourth-order valence-electron chi connectivity index (χ4n) is 1.01. The van der Waals surface area contributed by atoms with E-state index in [-0.39, 0.29) is 5.75 Å². The van der Waals surface area contributed by atoms with E-state index >= 15 is 0 Å². The maximum absolute atomic E-state index is 10.8. The van der Waals surface area contributed by atoms with Gasteiger partial charge in [0.05, 0.1) is 0 Å². The molecule has 0 unspecified atom stereocenters. The van der Waals surface area contributed by atoms with Gasteiger partial charge in [-0.3, -0.25) is 0 Å². The fraction of sp³-hybridized carbons (Fsp3) is 0.444. The summed E-state index contributed by atoms with van der Waals surface area (Å²) >= 11 is 0. The van der Waals surface area contributed by atoms with Crippen LogP contribution in [0.2, 0.25) is 0 Å². The molecular formula is C9H11O3-. The van der Waals surface area contributed by atoms with E-state index in [1.54, 1.807) is 0 Å². The molecule has 0 fully saturated rings. The van der Waals surface area contributed by atoms with E-state index in [9.17, 15) is 9.90 Å². The van der Waals surface area contributed by atoms with Crippen molar-refractivity contribution in [1.29, 1.82) is 0 Å². The first-order chi connectivity index (χ1) is 5.58. The van der Waals surface area contributed by atoms with Crippen LogP contribution in [0.3, 0.4) is 0 Å². The van der Waals surface area contributed by atoms with E-state index in [0.29, 0.717) is 18.1 Å². The zero-order valence-electron chi connectivity index (χ0n) is 7.16. The third kappa shape index (κ3) is 2.42. The van der Waals surface area contributed by atoms with E-state index in [2.05, 4.69) is 0 Å². The molecular weight excluding hydrogens is 156 g/mol. The van der Waals surface area contributed by atoms with E-state index < -0.39 is 5.63 Å². The quantitative estimate of drug-likeness (QED) is 0.657. The number of hydrogen-bond donors (Lipinski definition) is 0. The second-order valence-corrected chi connectivity index (χ2v) is 3.18. The summed E-state index contributed by atoms with van der Waals surface area (Å²) in [5, 5.41) is 10.8. The van der Waals surface area contributed by atoms with Crippen molar-refractivity contribution in [3.63, 3.8) is 0 Å². The van der Waals surface area contributed by atoms with Gasteiger partial charge in [0.25, 0.3) is 0 Å². The maximum Gasteiger partial charge on any atom is 0.335 e. The van der Waals surface area contributed by atoms with Gasteiger partial charge in [0.15, 0.2) is 0 Å². The van der Waals surface area contributed by atoms with Gasteiger partial charge in [0.1, 0.15) is 5.76 Å². The topological polar surface area (TPSA) is 53.3 Å². The first-order valence-electron chi connectivity index (χ1n) is 3.89. The van der Waals surface area contributed by atoms with E-state index in [0.717, 1.165) is 6.07 Å². The van der Waals surface area contributed by atoms with Crippen molar-refractivity contribution in [1.82, 2.24) is 0 Å². The van der Waals surface area contributed by atoms with Crippen LogP contribution in [0.15, 0.2) is 21.3 Å². The van der Waals surface area contributed by atoms with Gasteiger partial charge in [0, 0.05) is 12.5 Å². The second kappa shape index (κ2) is 3.43. The molecule has 0 amide bonds. The predicted molar refractivity (Wildman–Crippen MR) is 43.0 cm³/mol. The van der Waals surface area contributed by atoms with Crippen LogP contribution < -0.4 is 10.7 Å². The average Bonchev–Trinajstić information content (AvgIpc) is 1.81. The van der Waals surface area contributed by atoms with Crippen LogP contribution >= 0.6 is 0 Å². The molecule has 0 radical (unpaired) electrons. The molecule has 1 rings (SSSR count). The van der Waals surface area contributed by atoms with Crippen molar-refractivity contribution in [2.75, 3.05) is 0 Å². The van der Waals surface area contributed by atoms with Crippen molar-refractivity contribution in [3.05, 3.63) is 28.3 Å². The molecule has 0 aliphatic carbocycles. The summed E-state index contributed by atoms with van der Waals surface area (Å²) < 4.78 is 4.81. The van der Waals surface area contributed by atoms with Crippen LogP contribution in [-0.2, 0) is 6.42 Å². The molecule has 1 heterocycles. The Morgan fingerprint density at radius 1 is 1.50 bits per heavy atom. The van der Waals surface area contributed by atoms with Gasteiger partial charge in [-0.1, -0.05) is 19.6 Å². The lowest BCUT2D eigenvalue weighted by molar-refractivity contribution is -0.268. The normalized spacial score (nSPS) is 10.6.